The Bertz CT molecular complexity index is 556. The van der Waals surface area contributed by atoms with Crippen LogP contribution in [0.1, 0.15) is 10.4 Å². The first-order valence-corrected chi connectivity index (χ1v) is 6.54. The van der Waals surface area contributed by atoms with E-state index in [0.29, 0.717) is 31.7 Å². The second kappa shape index (κ2) is 7.71. The largest absolute Gasteiger partial charge is 0.338 e. The second-order valence-electron chi connectivity index (χ2n) is 4.68. The molecule has 8 nitrogen and oxygen atoms in total. The summed E-state index contributed by atoms with van der Waals surface area (Å²) in [5, 5.41) is 10.6. The molecule has 0 spiro atoms. The van der Waals surface area contributed by atoms with Gasteiger partial charge in [-0.15, -0.1) is 12.4 Å². The molecule has 1 saturated heterocycles. The average Bonchev–Trinajstić information content (AvgIpc) is 2.53. The summed E-state index contributed by atoms with van der Waals surface area (Å²) in [6.07, 6.45) is 0. The van der Waals surface area contributed by atoms with Crippen molar-refractivity contribution in [2.45, 2.75) is 0 Å². The van der Waals surface area contributed by atoms with Crippen LogP contribution in [0.15, 0.2) is 24.3 Å². The molecule has 22 heavy (non-hydrogen) atoms. The number of nitro groups is 1. The Morgan fingerprint density at radius 2 is 1.59 bits per heavy atom. The molecule has 1 fully saturated rings. The van der Waals surface area contributed by atoms with Gasteiger partial charge in [0.15, 0.2) is 0 Å². The van der Waals surface area contributed by atoms with Crippen LogP contribution in [0.2, 0.25) is 0 Å². The van der Waals surface area contributed by atoms with Gasteiger partial charge in [-0.2, -0.15) is 0 Å². The minimum atomic E-state index is -0.508. The summed E-state index contributed by atoms with van der Waals surface area (Å²) in [5.74, 6) is -0.317. The third-order valence-electron chi connectivity index (χ3n) is 3.42. The first-order valence-electron chi connectivity index (χ1n) is 6.54. The smallest absolute Gasteiger partial charge is 0.269 e. The number of nitro benzene ring substituents is 1. The van der Waals surface area contributed by atoms with Crippen LogP contribution >= 0.6 is 12.4 Å². The van der Waals surface area contributed by atoms with Crippen molar-refractivity contribution in [3.05, 3.63) is 39.9 Å². The zero-order valence-electron chi connectivity index (χ0n) is 11.8. The first kappa shape index (κ1) is 17.9. The van der Waals surface area contributed by atoms with Gasteiger partial charge in [0.1, 0.15) is 0 Å². The summed E-state index contributed by atoms with van der Waals surface area (Å²) in [6, 6.07) is 5.50. The molecule has 2 N–H and O–H groups in total. The summed E-state index contributed by atoms with van der Waals surface area (Å²) in [7, 11) is 0. The summed E-state index contributed by atoms with van der Waals surface area (Å²) >= 11 is 0. The molecule has 1 aromatic rings. The van der Waals surface area contributed by atoms with Gasteiger partial charge in [0.05, 0.1) is 11.5 Å². The molecule has 0 aromatic heterocycles. The van der Waals surface area contributed by atoms with Crippen LogP contribution in [0, 0.1) is 10.1 Å². The maximum Gasteiger partial charge on any atom is 0.269 e. The molecule has 1 aliphatic rings. The van der Waals surface area contributed by atoms with Crippen molar-refractivity contribution in [3.8, 4) is 0 Å². The molecular weight excluding hydrogens is 312 g/mol. The number of carbonyl (C=O) groups is 2. The first-order chi connectivity index (χ1) is 10.0. The number of hydrogen-bond donors (Lipinski definition) is 1. The topological polar surface area (TPSA) is 110 Å². The van der Waals surface area contributed by atoms with E-state index in [2.05, 4.69) is 0 Å². The molecule has 120 valence electrons. The highest BCUT2D eigenvalue weighted by Gasteiger charge is 2.24. The van der Waals surface area contributed by atoms with Crippen molar-refractivity contribution in [2.75, 3.05) is 32.7 Å². The predicted molar refractivity (Wildman–Crippen MR) is 81.9 cm³/mol. The van der Waals surface area contributed by atoms with Crippen LogP contribution in [0.5, 0.6) is 0 Å². The fourth-order valence-corrected chi connectivity index (χ4v) is 2.20. The van der Waals surface area contributed by atoms with E-state index in [1.54, 1.807) is 9.80 Å². The summed E-state index contributed by atoms with van der Waals surface area (Å²) in [6.45, 7) is 1.74. The van der Waals surface area contributed by atoms with E-state index >= 15 is 0 Å². The van der Waals surface area contributed by atoms with Crippen molar-refractivity contribution >= 4 is 29.9 Å². The number of hydrogen-bond acceptors (Lipinski definition) is 5. The standard InChI is InChI=1S/C13H16N4O4.ClH/c14-9-12(18)15-5-7-16(8-6-15)13(19)10-1-3-11(4-2-10)17(20)21;/h1-4H,5-9,14H2;1H. The van der Waals surface area contributed by atoms with E-state index in [9.17, 15) is 19.7 Å². The summed E-state index contributed by atoms with van der Waals surface area (Å²) in [5.41, 5.74) is 5.65. The van der Waals surface area contributed by atoms with E-state index in [1.165, 1.54) is 24.3 Å². The summed E-state index contributed by atoms with van der Waals surface area (Å²) < 4.78 is 0. The molecule has 1 heterocycles. The Balaban J connectivity index is 0.00000242. The van der Waals surface area contributed by atoms with Gasteiger partial charge in [-0.1, -0.05) is 0 Å². The number of benzene rings is 1. The van der Waals surface area contributed by atoms with E-state index in [1.807, 2.05) is 0 Å². The Kier molecular flexibility index (Phi) is 6.26. The monoisotopic (exact) mass is 328 g/mol. The van der Waals surface area contributed by atoms with Crippen molar-refractivity contribution in [1.82, 2.24) is 9.80 Å². The molecule has 1 aliphatic heterocycles. The van der Waals surface area contributed by atoms with Crippen LogP contribution in [0.3, 0.4) is 0 Å². The van der Waals surface area contributed by atoms with Crippen LogP contribution in [-0.4, -0.2) is 59.3 Å². The highest BCUT2D eigenvalue weighted by Crippen LogP contribution is 2.14. The number of carbonyl (C=O) groups excluding carboxylic acids is 2. The van der Waals surface area contributed by atoms with E-state index < -0.39 is 4.92 Å². The fourth-order valence-electron chi connectivity index (χ4n) is 2.20. The maximum absolute atomic E-state index is 12.3. The van der Waals surface area contributed by atoms with Gasteiger partial charge in [0.25, 0.3) is 11.6 Å². The lowest BCUT2D eigenvalue weighted by molar-refractivity contribution is -0.384. The van der Waals surface area contributed by atoms with Crippen molar-refractivity contribution < 1.29 is 14.5 Å². The number of amides is 2. The quantitative estimate of drug-likeness (QED) is 0.632. The molecule has 0 unspecified atom stereocenters. The highest BCUT2D eigenvalue weighted by atomic mass is 35.5. The third-order valence-corrected chi connectivity index (χ3v) is 3.42. The number of piperazine rings is 1. The van der Waals surface area contributed by atoms with Crippen LogP contribution in [0.4, 0.5) is 5.69 Å². The number of nitrogens with zero attached hydrogens (tertiary/aromatic N) is 3. The zero-order valence-corrected chi connectivity index (χ0v) is 12.6. The van der Waals surface area contributed by atoms with Gasteiger partial charge in [0.2, 0.25) is 5.91 Å². The number of rotatable bonds is 3. The van der Waals surface area contributed by atoms with Crippen LogP contribution in [-0.2, 0) is 4.79 Å². The minimum absolute atomic E-state index is 0. The van der Waals surface area contributed by atoms with E-state index in [-0.39, 0.29) is 36.5 Å². The lowest BCUT2D eigenvalue weighted by atomic mass is 10.1. The Labute approximate surface area is 133 Å². The Morgan fingerprint density at radius 1 is 1.09 bits per heavy atom. The van der Waals surface area contributed by atoms with Gasteiger partial charge in [-0.05, 0) is 12.1 Å². The lowest BCUT2D eigenvalue weighted by Crippen LogP contribution is -2.51. The highest BCUT2D eigenvalue weighted by molar-refractivity contribution is 5.94. The van der Waals surface area contributed by atoms with Gasteiger partial charge >= 0.3 is 0 Å². The Hall–Kier alpha value is -2.19. The second-order valence-corrected chi connectivity index (χ2v) is 4.68. The summed E-state index contributed by atoms with van der Waals surface area (Å²) in [4.78, 5) is 37.0. The molecule has 0 atom stereocenters. The third kappa shape index (κ3) is 3.92. The van der Waals surface area contributed by atoms with Crippen molar-refractivity contribution in [3.63, 3.8) is 0 Å². The fraction of sp³-hybridized carbons (Fsp3) is 0.385. The van der Waals surface area contributed by atoms with Gasteiger partial charge in [-0.25, -0.2) is 0 Å². The molecule has 0 radical (unpaired) electrons. The molecule has 0 aliphatic carbocycles. The van der Waals surface area contributed by atoms with Gasteiger partial charge in [-0.3, -0.25) is 19.7 Å². The van der Waals surface area contributed by atoms with Crippen molar-refractivity contribution in [1.29, 1.82) is 0 Å². The van der Waals surface area contributed by atoms with Crippen molar-refractivity contribution in [2.24, 2.45) is 5.73 Å². The minimum Gasteiger partial charge on any atom is -0.338 e. The molecular formula is C13H17ClN4O4. The van der Waals surface area contributed by atoms with Gasteiger partial charge < -0.3 is 15.5 Å². The van der Waals surface area contributed by atoms with Gasteiger partial charge in [0, 0.05) is 43.9 Å². The number of non-ortho nitro benzene ring substituents is 1. The van der Waals surface area contributed by atoms with E-state index in [0.717, 1.165) is 0 Å². The SMILES string of the molecule is Cl.NCC(=O)N1CCN(C(=O)c2ccc([N+](=O)[O-])cc2)CC1. The molecule has 0 bridgehead atoms. The number of halogens is 1. The lowest BCUT2D eigenvalue weighted by Gasteiger charge is -2.34. The van der Waals surface area contributed by atoms with Crippen LogP contribution < -0.4 is 5.73 Å². The zero-order chi connectivity index (χ0) is 15.4. The molecule has 9 heteroatoms. The average molecular weight is 329 g/mol. The Morgan fingerprint density at radius 3 is 2.05 bits per heavy atom. The maximum atomic E-state index is 12.3. The molecule has 1 aromatic carbocycles. The number of nitrogens with two attached hydrogens (primary N) is 1. The van der Waals surface area contributed by atoms with E-state index in [4.69, 9.17) is 5.73 Å². The normalized spacial score (nSPS) is 14.2. The molecule has 2 rings (SSSR count). The predicted octanol–water partition coefficient (Wildman–Crippen LogP) is 0.260. The molecule has 0 saturated carbocycles. The molecule has 2 amide bonds. The van der Waals surface area contributed by atoms with Crippen LogP contribution in [0.25, 0.3) is 0 Å².